The van der Waals surface area contributed by atoms with E-state index in [0.717, 1.165) is 89.9 Å². The van der Waals surface area contributed by atoms with E-state index >= 15 is 0 Å². The molecule has 0 bridgehead atoms. The third-order valence-electron chi connectivity index (χ3n) is 10.1. The summed E-state index contributed by atoms with van der Waals surface area (Å²) in [4.78, 5) is 25.3. The lowest BCUT2D eigenvalue weighted by atomic mass is 10.1. The molecule has 5 nitrogen and oxygen atoms in total. The van der Waals surface area contributed by atoms with Crippen molar-refractivity contribution < 1.29 is 23.8 Å². The number of ether oxygens (including phenoxy) is 3. The Labute approximate surface area is 371 Å². The summed E-state index contributed by atoms with van der Waals surface area (Å²) in [6.45, 7) is 7.55. The Hall–Kier alpha value is -3.18. The number of hydrogen-bond donors (Lipinski definition) is 0. The van der Waals surface area contributed by atoms with E-state index in [9.17, 15) is 9.59 Å². The van der Waals surface area contributed by atoms with E-state index in [1.54, 1.807) is 0 Å². The fourth-order valence-electron chi connectivity index (χ4n) is 6.45. The third-order valence-corrected chi connectivity index (χ3v) is 10.1. The Morgan fingerprint density at radius 3 is 1.33 bits per heavy atom. The van der Waals surface area contributed by atoms with E-state index in [4.69, 9.17) is 14.2 Å². The number of unbranched alkanes of at least 4 members (excludes halogenated alkanes) is 17. The summed E-state index contributed by atoms with van der Waals surface area (Å²) < 4.78 is 17.3. The molecule has 5 heteroatoms. The fraction of sp³-hybridized carbons (Fsp3) is 0.673. The smallest absolute Gasteiger partial charge is 0.306 e. The van der Waals surface area contributed by atoms with Crippen LogP contribution in [0.2, 0.25) is 0 Å². The third kappa shape index (κ3) is 47.5. The maximum Gasteiger partial charge on any atom is 0.306 e. The van der Waals surface area contributed by atoms with Gasteiger partial charge in [0.05, 0.1) is 6.61 Å². The van der Waals surface area contributed by atoms with Gasteiger partial charge < -0.3 is 14.2 Å². The summed E-state index contributed by atoms with van der Waals surface area (Å²) in [5.74, 6) is -0.513. The molecule has 342 valence electrons. The van der Waals surface area contributed by atoms with Crippen molar-refractivity contribution in [3.8, 4) is 0 Å². The minimum absolute atomic E-state index is 0.0364. The van der Waals surface area contributed by atoms with Gasteiger partial charge in [0.15, 0.2) is 6.10 Å². The number of carbonyl (C=O) groups is 2. The lowest BCUT2D eigenvalue weighted by Crippen LogP contribution is -2.30. The molecule has 0 fully saturated rings. The van der Waals surface area contributed by atoms with Crippen molar-refractivity contribution in [1.82, 2.24) is 0 Å². The Morgan fingerprint density at radius 1 is 0.383 bits per heavy atom. The predicted octanol–water partition coefficient (Wildman–Crippen LogP) is 16.7. The average molecular weight is 833 g/mol. The second kappa shape index (κ2) is 50.2. The summed E-state index contributed by atoms with van der Waals surface area (Å²) in [5, 5.41) is 0. The monoisotopic (exact) mass is 833 g/mol. The van der Waals surface area contributed by atoms with Gasteiger partial charge in [-0.05, 0) is 83.5 Å². The van der Waals surface area contributed by atoms with Gasteiger partial charge in [-0.2, -0.15) is 0 Å². The van der Waals surface area contributed by atoms with Crippen LogP contribution in [-0.2, 0) is 23.8 Å². The molecule has 0 heterocycles. The zero-order chi connectivity index (χ0) is 43.5. The zero-order valence-corrected chi connectivity index (χ0v) is 39.2. The van der Waals surface area contributed by atoms with E-state index in [2.05, 4.69) is 112 Å². The van der Waals surface area contributed by atoms with Crippen molar-refractivity contribution in [3.63, 3.8) is 0 Å². The highest BCUT2D eigenvalue weighted by atomic mass is 16.6. The van der Waals surface area contributed by atoms with Crippen LogP contribution in [0.25, 0.3) is 0 Å². The van der Waals surface area contributed by atoms with E-state index in [1.165, 1.54) is 83.5 Å². The van der Waals surface area contributed by atoms with Crippen LogP contribution in [0.1, 0.15) is 213 Å². The fourth-order valence-corrected chi connectivity index (χ4v) is 6.45. The van der Waals surface area contributed by atoms with Gasteiger partial charge in [-0.3, -0.25) is 9.59 Å². The maximum absolute atomic E-state index is 12.8. The van der Waals surface area contributed by atoms with Crippen LogP contribution in [-0.4, -0.2) is 37.9 Å². The molecule has 0 aliphatic rings. The van der Waals surface area contributed by atoms with Gasteiger partial charge in [0, 0.05) is 19.4 Å². The first-order valence-corrected chi connectivity index (χ1v) is 24.8. The molecule has 0 aromatic heterocycles. The molecule has 0 aromatic rings. The van der Waals surface area contributed by atoms with Crippen LogP contribution >= 0.6 is 0 Å². The van der Waals surface area contributed by atoms with Crippen LogP contribution in [0.4, 0.5) is 0 Å². The van der Waals surface area contributed by atoms with E-state index in [0.29, 0.717) is 25.9 Å². The van der Waals surface area contributed by atoms with Crippen molar-refractivity contribution in [2.24, 2.45) is 0 Å². The largest absolute Gasteiger partial charge is 0.462 e. The molecule has 1 atom stereocenters. The SMILES string of the molecule is CC/C=C\C/C=C\C/C=C\C/C=C\C/C=C\C/C=C\CCC(=O)OCC(COCCCCCCCCCCCCCC)OC(=O)CCCCCCC/C=C\C/C=C\CCC. The summed E-state index contributed by atoms with van der Waals surface area (Å²) >= 11 is 0. The molecule has 60 heavy (non-hydrogen) atoms. The first-order chi connectivity index (χ1) is 29.6. The molecule has 0 N–H and O–H groups in total. The molecule has 0 rings (SSSR count). The highest BCUT2D eigenvalue weighted by Crippen LogP contribution is 2.13. The maximum atomic E-state index is 12.8. The first-order valence-electron chi connectivity index (χ1n) is 24.8. The van der Waals surface area contributed by atoms with Crippen LogP contribution in [0, 0.1) is 0 Å². The second-order valence-electron chi connectivity index (χ2n) is 16.0. The van der Waals surface area contributed by atoms with Crippen LogP contribution in [0.5, 0.6) is 0 Å². The predicted molar refractivity (Wildman–Crippen MR) is 260 cm³/mol. The van der Waals surface area contributed by atoms with Gasteiger partial charge in [-0.25, -0.2) is 0 Å². The minimum atomic E-state index is -0.576. The van der Waals surface area contributed by atoms with Crippen molar-refractivity contribution >= 4 is 11.9 Å². The summed E-state index contributed by atoms with van der Waals surface area (Å²) in [6, 6.07) is 0. The van der Waals surface area contributed by atoms with Gasteiger partial charge in [0.2, 0.25) is 0 Å². The number of allylic oxidation sites excluding steroid dienone is 16. The minimum Gasteiger partial charge on any atom is -0.462 e. The Morgan fingerprint density at radius 2 is 0.817 bits per heavy atom. The number of esters is 2. The Kier molecular flexibility index (Phi) is 47.5. The Balaban J connectivity index is 4.40. The topological polar surface area (TPSA) is 61.8 Å². The van der Waals surface area contributed by atoms with Gasteiger partial charge in [0.25, 0.3) is 0 Å². The molecule has 0 aromatic carbocycles. The number of hydrogen-bond acceptors (Lipinski definition) is 5. The Bertz CT molecular complexity index is 1170. The number of carbonyl (C=O) groups excluding carboxylic acids is 2. The molecule has 1 unspecified atom stereocenters. The van der Waals surface area contributed by atoms with Crippen LogP contribution in [0.15, 0.2) is 97.2 Å². The average Bonchev–Trinajstić information content (AvgIpc) is 3.25. The van der Waals surface area contributed by atoms with Gasteiger partial charge in [0.1, 0.15) is 6.61 Å². The molecule has 0 aliphatic heterocycles. The van der Waals surface area contributed by atoms with Crippen molar-refractivity contribution in [2.75, 3.05) is 19.8 Å². The summed E-state index contributed by atoms with van der Waals surface area (Å²) in [5.41, 5.74) is 0. The standard InChI is InChI=1S/C55H92O5/c1-4-7-10-13-16-19-22-25-26-27-28-29-30-32-33-36-39-42-45-48-54(56)59-52-53(51-58-50-47-44-41-38-35-24-21-18-15-12-9-6-3)60-55(57)49-46-43-40-37-34-31-23-20-17-14-11-8-5-2/h7,10-11,14,16,19-20,23,25-26,28-29,32-33,39,42,53H,4-6,8-9,12-13,15,17-18,21-22,24,27,30-31,34-38,40-41,43-52H2,1-3H3/b10-7-,14-11-,19-16-,23-20-,26-25-,29-28-,33-32-,42-39-. The lowest BCUT2D eigenvalue weighted by Gasteiger charge is -2.18. The van der Waals surface area contributed by atoms with E-state index in [-0.39, 0.29) is 25.2 Å². The lowest BCUT2D eigenvalue weighted by molar-refractivity contribution is -0.162. The highest BCUT2D eigenvalue weighted by molar-refractivity contribution is 5.70. The van der Waals surface area contributed by atoms with Crippen LogP contribution in [0.3, 0.4) is 0 Å². The van der Waals surface area contributed by atoms with Crippen molar-refractivity contribution in [1.29, 1.82) is 0 Å². The highest BCUT2D eigenvalue weighted by Gasteiger charge is 2.17. The van der Waals surface area contributed by atoms with Gasteiger partial charge >= 0.3 is 11.9 Å². The molecule has 0 radical (unpaired) electrons. The summed E-state index contributed by atoms with van der Waals surface area (Å²) in [7, 11) is 0. The summed E-state index contributed by atoms with van der Waals surface area (Å²) in [6.07, 6.45) is 67.0. The first kappa shape index (κ1) is 56.8. The molecule has 0 saturated heterocycles. The molecule has 0 spiro atoms. The number of rotatable bonds is 44. The molecular formula is C55H92O5. The molecule has 0 saturated carbocycles. The van der Waals surface area contributed by atoms with E-state index < -0.39 is 6.10 Å². The van der Waals surface area contributed by atoms with Crippen LogP contribution < -0.4 is 0 Å². The molecular weight excluding hydrogens is 741 g/mol. The molecule has 0 aliphatic carbocycles. The molecule has 0 amide bonds. The van der Waals surface area contributed by atoms with Crippen molar-refractivity contribution in [3.05, 3.63) is 97.2 Å². The zero-order valence-electron chi connectivity index (χ0n) is 39.2. The second-order valence-corrected chi connectivity index (χ2v) is 16.0. The van der Waals surface area contributed by atoms with Gasteiger partial charge in [-0.1, -0.05) is 214 Å². The quantitative estimate of drug-likeness (QED) is 0.0348. The normalized spacial score (nSPS) is 13.1. The van der Waals surface area contributed by atoms with Gasteiger partial charge in [-0.15, -0.1) is 0 Å². The van der Waals surface area contributed by atoms with Crippen molar-refractivity contribution in [2.45, 2.75) is 219 Å². The van der Waals surface area contributed by atoms with E-state index in [1.807, 2.05) is 6.08 Å².